The average molecular weight is 498 g/mol. The Bertz CT molecular complexity index is 1630. The molecule has 1 fully saturated rings. The van der Waals surface area contributed by atoms with E-state index in [1.54, 1.807) is 21.5 Å². The van der Waals surface area contributed by atoms with E-state index in [4.69, 9.17) is 29.8 Å². The molecule has 3 heterocycles. The number of H-pyrrole nitrogens is 1. The smallest absolute Gasteiger partial charge is 0.354 e. The molecule has 0 aliphatic heterocycles. The van der Waals surface area contributed by atoms with Crippen LogP contribution in [0.5, 0.6) is 0 Å². The van der Waals surface area contributed by atoms with Gasteiger partial charge in [0.05, 0.1) is 33.0 Å². The van der Waals surface area contributed by atoms with E-state index in [2.05, 4.69) is 15.0 Å². The highest BCUT2D eigenvalue weighted by atomic mass is 35.5. The van der Waals surface area contributed by atoms with Gasteiger partial charge in [0, 0.05) is 12.1 Å². The zero-order chi connectivity index (χ0) is 24.0. The van der Waals surface area contributed by atoms with E-state index in [1.165, 1.54) is 24.6 Å². The van der Waals surface area contributed by atoms with E-state index in [0.717, 1.165) is 30.4 Å². The van der Waals surface area contributed by atoms with Gasteiger partial charge < -0.3 is 9.41 Å². The molecule has 1 N–H and O–H groups in total. The molecule has 10 nitrogen and oxygen atoms in total. The molecule has 0 amide bonds. The number of nitrogens with zero attached hydrogens (tertiary/aromatic N) is 6. The zero-order valence-electron chi connectivity index (χ0n) is 17.7. The number of hydrogen-bond acceptors (Lipinski definition) is 5. The first-order valence-electron chi connectivity index (χ1n) is 10.6. The minimum Gasteiger partial charge on any atom is -0.354 e. The van der Waals surface area contributed by atoms with Crippen LogP contribution in [0.2, 0.25) is 10.0 Å². The molecule has 1 saturated carbocycles. The third-order valence-corrected chi connectivity index (χ3v) is 6.56. The maximum atomic E-state index is 12.7. The first kappa shape index (κ1) is 22.1. The van der Waals surface area contributed by atoms with Crippen LogP contribution in [-0.4, -0.2) is 29.1 Å². The van der Waals surface area contributed by atoms with E-state index in [-0.39, 0.29) is 27.3 Å². The van der Waals surface area contributed by atoms with Crippen molar-refractivity contribution in [1.82, 2.24) is 29.1 Å². The predicted octanol–water partition coefficient (Wildman–Crippen LogP) is 3.78. The van der Waals surface area contributed by atoms with Crippen molar-refractivity contribution in [3.63, 3.8) is 0 Å². The Hall–Kier alpha value is -3.68. The number of benzene rings is 1. The molecule has 0 saturated heterocycles. The average Bonchev–Trinajstić information content (AvgIpc) is 3.22. The van der Waals surface area contributed by atoms with Gasteiger partial charge in [0.1, 0.15) is 5.69 Å². The monoisotopic (exact) mass is 497 g/mol. The summed E-state index contributed by atoms with van der Waals surface area (Å²) in [5, 5.41) is 8.56. The van der Waals surface area contributed by atoms with Gasteiger partial charge in [0.2, 0.25) is 0 Å². The molecule has 3 aromatic heterocycles. The normalized spacial score (nSPS) is 14.4. The quantitative estimate of drug-likeness (QED) is 0.432. The Morgan fingerprint density at radius 3 is 2.38 bits per heavy atom. The fraction of sp³-hybridized carbons (Fsp3) is 0.273. The molecule has 0 spiro atoms. The molecule has 172 valence electrons. The SMILES string of the molecule is [C-]#[N+]c1nn(-c2cc(Cl)c(-n3ncc4c3ccc(=O)n4C3CCCCC3)c(Cl)c2)c(=O)[nH]c1=O. The van der Waals surface area contributed by atoms with Gasteiger partial charge in [-0.05, 0) is 36.1 Å². The Labute approximate surface area is 201 Å². The van der Waals surface area contributed by atoms with Gasteiger partial charge in [-0.1, -0.05) is 49.0 Å². The van der Waals surface area contributed by atoms with Crippen LogP contribution in [0, 0.1) is 6.57 Å². The molecule has 0 bridgehead atoms. The number of rotatable bonds is 3. The molecule has 34 heavy (non-hydrogen) atoms. The Kier molecular flexibility index (Phi) is 5.59. The van der Waals surface area contributed by atoms with Crippen molar-refractivity contribution in [2.45, 2.75) is 38.1 Å². The minimum absolute atomic E-state index is 0.0781. The molecular weight excluding hydrogens is 481 g/mol. The lowest BCUT2D eigenvalue weighted by molar-refractivity contribution is 0.354. The van der Waals surface area contributed by atoms with E-state index < -0.39 is 17.1 Å². The summed E-state index contributed by atoms with van der Waals surface area (Å²) in [5.41, 5.74) is 0.0903. The lowest BCUT2D eigenvalue weighted by Gasteiger charge is -2.24. The van der Waals surface area contributed by atoms with Crippen molar-refractivity contribution in [1.29, 1.82) is 0 Å². The number of pyridine rings is 1. The number of fused-ring (bicyclic) bond motifs is 1. The Morgan fingerprint density at radius 2 is 1.71 bits per heavy atom. The number of hydrogen-bond donors (Lipinski definition) is 1. The summed E-state index contributed by atoms with van der Waals surface area (Å²) in [6.45, 7) is 7.05. The minimum atomic E-state index is -0.878. The lowest BCUT2D eigenvalue weighted by atomic mass is 9.95. The Morgan fingerprint density at radius 1 is 1.00 bits per heavy atom. The lowest BCUT2D eigenvalue weighted by Crippen LogP contribution is -2.30. The molecule has 0 radical (unpaired) electrons. The fourth-order valence-electron chi connectivity index (χ4n) is 4.45. The second-order valence-corrected chi connectivity index (χ2v) is 8.84. The van der Waals surface area contributed by atoms with E-state index in [1.807, 2.05) is 4.98 Å². The van der Waals surface area contributed by atoms with Crippen molar-refractivity contribution in [2.75, 3.05) is 0 Å². The summed E-state index contributed by atoms with van der Waals surface area (Å²) in [4.78, 5) is 41.7. The molecule has 1 aliphatic carbocycles. The number of halogens is 2. The van der Waals surface area contributed by atoms with Gasteiger partial charge >= 0.3 is 11.5 Å². The first-order chi connectivity index (χ1) is 16.4. The van der Waals surface area contributed by atoms with Gasteiger partial charge in [0.25, 0.3) is 11.1 Å². The van der Waals surface area contributed by atoms with Crippen LogP contribution in [-0.2, 0) is 0 Å². The number of nitrogens with one attached hydrogen (secondary N) is 1. The topological polar surface area (TPSA) is 112 Å². The highest BCUT2D eigenvalue weighted by molar-refractivity contribution is 6.38. The van der Waals surface area contributed by atoms with Crippen LogP contribution < -0.4 is 16.8 Å². The van der Waals surface area contributed by atoms with Crippen LogP contribution >= 0.6 is 23.2 Å². The van der Waals surface area contributed by atoms with Crippen LogP contribution in [0.25, 0.3) is 27.3 Å². The fourth-order valence-corrected chi connectivity index (χ4v) is 5.09. The van der Waals surface area contributed by atoms with Gasteiger partial charge in [-0.15, -0.1) is 4.68 Å². The molecule has 4 aromatic rings. The molecule has 1 aliphatic rings. The van der Waals surface area contributed by atoms with Gasteiger partial charge in [-0.25, -0.2) is 9.48 Å². The maximum Gasteiger partial charge on any atom is 0.365 e. The first-order valence-corrected chi connectivity index (χ1v) is 11.3. The van der Waals surface area contributed by atoms with Crippen LogP contribution in [0.4, 0.5) is 5.82 Å². The summed E-state index contributed by atoms with van der Waals surface area (Å²) in [6.07, 6.45) is 6.83. The second-order valence-electron chi connectivity index (χ2n) is 8.02. The summed E-state index contributed by atoms with van der Waals surface area (Å²) < 4.78 is 4.19. The van der Waals surface area contributed by atoms with Gasteiger partial charge in [-0.2, -0.15) is 5.10 Å². The summed E-state index contributed by atoms with van der Waals surface area (Å²) in [5.74, 6) is -0.491. The summed E-state index contributed by atoms with van der Waals surface area (Å²) in [7, 11) is 0. The van der Waals surface area contributed by atoms with E-state index >= 15 is 0 Å². The molecule has 0 atom stereocenters. The molecule has 5 rings (SSSR count). The number of aromatic nitrogens is 6. The molecule has 1 aromatic carbocycles. The highest BCUT2D eigenvalue weighted by Crippen LogP contribution is 2.34. The number of aromatic amines is 1. The predicted molar refractivity (Wildman–Crippen MR) is 128 cm³/mol. The maximum absolute atomic E-state index is 12.7. The highest BCUT2D eigenvalue weighted by Gasteiger charge is 2.22. The second kappa shape index (κ2) is 8.59. The van der Waals surface area contributed by atoms with Crippen LogP contribution in [0.15, 0.2) is 44.8 Å². The van der Waals surface area contributed by atoms with E-state index in [9.17, 15) is 14.4 Å². The van der Waals surface area contributed by atoms with Crippen LogP contribution in [0.1, 0.15) is 38.1 Å². The zero-order valence-corrected chi connectivity index (χ0v) is 19.2. The molecule has 0 unspecified atom stereocenters. The van der Waals surface area contributed by atoms with Crippen molar-refractivity contribution in [3.05, 3.63) is 83.1 Å². The van der Waals surface area contributed by atoms with Gasteiger partial charge in [-0.3, -0.25) is 14.6 Å². The largest absolute Gasteiger partial charge is 0.365 e. The van der Waals surface area contributed by atoms with E-state index in [0.29, 0.717) is 16.7 Å². The summed E-state index contributed by atoms with van der Waals surface area (Å²) >= 11 is 13.1. The van der Waals surface area contributed by atoms with Crippen molar-refractivity contribution >= 4 is 40.1 Å². The molecule has 12 heteroatoms. The van der Waals surface area contributed by atoms with Crippen molar-refractivity contribution < 1.29 is 0 Å². The third kappa shape index (κ3) is 3.63. The summed E-state index contributed by atoms with van der Waals surface area (Å²) in [6, 6.07) is 6.19. The Balaban J connectivity index is 1.66. The third-order valence-electron chi connectivity index (χ3n) is 5.98. The standard InChI is InChI=1S/C22H17Cl2N7O3/c1-25-20-21(33)27-22(34)30(28-20)13-9-14(23)19(15(24)10-13)31-16-7-8-18(32)29(17(16)11-26-31)12-5-3-2-4-6-12/h7-12H,2-6H2,(H,27,33,34). The van der Waals surface area contributed by atoms with Gasteiger partial charge in [0.15, 0.2) is 0 Å². The van der Waals surface area contributed by atoms with Crippen LogP contribution in [0.3, 0.4) is 0 Å². The van der Waals surface area contributed by atoms with Crippen molar-refractivity contribution in [3.8, 4) is 11.4 Å². The molecular formula is C22H17Cl2N7O3. The van der Waals surface area contributed by atoms with Crippen molar-refractivity contribution in [2.24, 2.45) is 0 Å².